The van der Waals surface area contributed by atoms with E-state index in [1.807, 2.05) is 109 Å². The summed E-state index contributed by atoms with van der Waals surface area (Å²) in [7, 11) is 0. The predicted molar refractivity (Wildman–Crippen MR) is 211 cm³/mol. The van der Waals surface area contributed by atoms with E-state index < -0.39 is 0 Å². The second kappa shape index (κ2) is 13.6. The lowest BCUT2D eigenvalue weighted by atomic mass is 10.0. The molecule has 0 atom stereocenters. The van der Waals surface area contributed by atoms with Crippen LogP contribution in [0.1, 0.15) is 5.56 Å². The Hall–Kier alpha value is -6.53. The Morgan fingerprint density at radius 1 is 0.519 bits per heavy atom. The largest absolute Gasteiger partial charge is 0.235 e. The fourth-order valence-electron chi connectivity index (χ4n) is 6.22. The highest BCUT2D eigenvalue weighted by Gasteiger charge is 2.19. The summed E-state index contributed by atoms with van der Waals surface area (Å²) in [5.41, 5.74) is 5.79. The van der Waals surface area contributed by atoms with Gasteiger partial charge >= 0.3 is 0 Å². The van der Waals surface area contributed by atoms with Crippen LogP contribution < -0.4 is 0 Å². The van der Waals surface area contributed by atoms with Crippen LogP contribution >= 0.6 is 23.1 Å². The van der Waals surface area contributed by atoms with Crippen molar-refractivity contribution in [3.63, 3.8) is 0 Å². The molecule has 3 heterocycles. The molecule has 0 radical (unpaired) electrons. The normalized spacial score (nSPS) is 11.1. The molecule has 0 aliphatic carbocycles. The van der Waals surface area contributed by atoms with Crippen molar-refractivity contribution in [3.8, 4) is 62.9 Å². The summed E-state index contributed by atoms with van der Waals surface area (Å²) in [5.74, 6) is 2.48. The lowest BCUT2D eigenvalue weighted by Gasteiger charge is -2.12. The van der Waals surface area contributed by atoms with Crippen LogP contribution in [-0.4, -0.2) is 24.9 Å². The second-order valence-corrected chi connectivity index (χ2v) is 14.2. The Bertz CT molecular complexity index is 2720. The molecular formula is C44H26N6S2. The summed E-state index contributed by atoms with van der Waals surface area (Å²) in [6.45, 7) is 0. The molecule has 244 valence electrons. The van der Waals surface area contributed by atoms with Gasteiger partial charge in [-0.3, -0.25) is 0 Å². The van der Waals surface area contributed by atoms with Crippen molar-refractivity contribution >= 4 is 43.3 Å². The average molecular weight is 703 g/mol. The second-order valence-electron chi connectivity index (χ2n) is 12.0. The van der Waals surface area contributed by atoms with E-state index >= 15 is 0 Å². The molecule has 6 nitrogen and oxygen atoms in total. The molecule has 0 amide bonds. The van der Waals surface area contributed by atoms with Gasteiger partial charge in [0.15, 0.2) is 23.3 Å². The molecule has 3 aromatic heterocycles. The molecule has 0 fully saturated rings. The van der Waals surface area contributed by atoms with Crippen molar-refractivity contribution in [1.29, 1.82) is 5.26 Å². The minimum Gasteiger partial charge on any atom is -0.235 e. The molecule has 0 saturated carbocycles. The maximum absolute atomic E-state index is 10.0. The topological polar surface area (TPSA) is 88.2 Å². The number of thiophene rings is 1. The Kier molecular flexibility index (Phi) is 8.25. The summed E-state index contributed by atoms with van der Waals surface area (Å²) >= 11 is 3.29. The lowest BCUT2D eigenvalue weighted by molar-refractivity contribution is 1.07. The predicted octanol–water partition coefficient (Wildman–Crippen LogP) is 11.4. The van der Waals surface area contributed by atoms with Crippen molar-refractivity contribution < 1.29 is 0 Å². The number of nitrogens with zero attached hydrogens (tertiary/aromatic N) is 6. The van der Waals surface area contributed by atoms with Gasteiger partial charge in [-0.15, -0.1) is 11.3 Å². The number of fused-ring (bicyclic) bond motifs is 3. The van der Waals surface area contributed by atoms with E-state index in [1.165, 1.54) is 0 Å². The molecule has 9 rings (SSSR count). The minimum absolute atomic E-state index is 0.568. The smallest absolute Gasteiger partial charge is 0.164 e. The van der Waals surface area contributed by atoms with Crippen LogP contribution in [-0.2, 0) is 0 Å². The monoisotopic (exact) mass is 702 g/mol. The van der Waals surface area contributed by atoms with Gasteiger partial charge in [-0.25, -0.2) is 24.9 Å². The van der Waals surface area contributed by atoms with Gasteiger partial charge in [-0.05, 0) is 30.3 Å². The molecule has 0 aliphatic rings. The summed E-state index contributed by atoms with van der Waals surface area (Å²) in [5, 5.41) is 12.3. The maximum Gasteiger partial charge on any atom is 0.164 e. The SMILES string of the molecule is N#Cc1ccccc1-c1nc(-c2cccc3c2sc2cc(-c4nc(-c5ccccc5)nc(-c5ccccc5)n4)ccc23)ncc1Sc1ccccc1. The Morgan fingerprint density at radius 3 is 1.83 bits per heavy atom. The van der Waals surface area contributed by atoms with Gasteiger partial charge in [0.2, 0.25) is 0 Å². The Balaban J connectivity index is 1.17. The van der Waals surface area contributed by atoms with Crippen LogP contribution in [0.5, 0.6) is 0 Å². The highest BCUT2D eigenvalue weighted by molar-refractivity contribution is 7.99. The molecule has 0 unspecified atom stereocenters. The van der Waals surface area contributed by atoms with Crippen molar-refractivity contribution in [3.05, 3.63) is 163 Å². The third-order valence-corrected chi connectivity index (χ3v) is 11.0. The number of aromatic nitrogens is 5. The number of hydrogen-bond acceptors (Lipinski definition) is 8. The summed E-state index contributed by atoms with van der Waals surface area (Å²) in [4.78, 5) is 26.8. The molecule has 0 aliphatic heterocycles. The zero-order chi connectivity index (χ0) is 34.9. The fraction of sp³-hybridized carbons (Fsp3) is 0. The number of rotatable bonds is 7. The highest BCUT2D eigenvalue weighted by atomic mass is 32.2. The van der Waals surface area contributed by atoms with E-state index in [0.717, 1.165) is 63.5 Å². The van der Waals surface area contributed by atoms with Crippen LogP contribution in [0.25, 0.3) is 77.0 Å². The number of hydrogen-bond donors (Lipinski definition) is 0. The standard InChI is InChI=1S/C44H26N6S2/c45-26-31-17-10-11-20-33(31)39-38(51-32-18-8-3-9-19-32)27-46-44(47-39)36-22-12-21-35-34-24-23-30(25-37(34)52-40(35)36)43-49-41(28-13-4-1-5-14-28)48-42(50-43)29-15-6-2-7-16-29/h1-25,27H. The summed E-state index contributed by atoms with van der Waals surface area (Å²) in [6, 6.07) is 52.8. The van der Waals surface area contributed by atoms with E-state index in [9.17, 15) is 5.26 Å². The van der Waals surface area contributed by atoms with Crippen molar-refractivity contribution in [2.24, 2.45) is 0 Å². The van der Waals surface area contributed by atoms with E-state index in [2.05, 4.69) is 54.6 Å². The van der Waals surface area contributed by atoms with Crippen molar-refractivity contribution in [2.45, 2.75) is 9.79 Å². The van der Waals surface area contributed by atoms with Gasteiger partial charge in [0.25, 0.3) is 0 Å². The van der Waals surface area contributed by atoms with Gasteiger partial charge in [0, 0.05) is 59.1 Å². The maximum atomic E-state index is 10.0. The van der Waals surface area contributed by atoms with E-state index in [1.54, 1.807) is 23.1 Å². The Labute approximate surface area is 308 Å². The van der Waals surface area contributed by atoms with E-state index in [-0.39, 0.29) is 0 Å². The fourth-order valence-corrected chi connectivity index (χ4v) is 8.38. The summed E-state index contributed by atoms with van der Waals surface area (Å²) in [6.07, 6.45) is 1.88. The molecule has 0 spiro atoms. The molecule has 0 bridgehead atoms. The average Bonchev–Trinajstić information content (AvgIpc) is 3.60. The first kappa shape index (κ1) is 31.5. The van der Waals surface area contributed by atoms with Crippen LogP contribution in [0.3, 0.4) is 0 Å². The van der Waals surface area contributed by atoms with E-state index in [0.29, 0.717) is 28.9 Å². The van der Waals surface area contributed by atoms with Gasteiger partial charge in [0.1, 0.15) is 0 Å². The number of benzene rings is 6. The minimum atomic E-state index is 0.568. The lowest BCUT2D eigenvalue weighted by Crippen LogP contribution is -1.99. The first-order chi connectivity index (χ1) is 25.7. The third kappa shape index (κ3) is 5.98. The molecule has 9 aromatic rings. The first-order valence-electron chi connectivity index (χ1n) is 16.6. The zero-order valence-electron chi connectivity index (χ0n) is 27.5. The van der Waals surface area contributed by atoms with Crippen molar-refractivity contribution in [2.75, 3.05) is 0 Å². The molecular weight excluding hydrogens is 677 g/mol. The third-order valence-electron chi connectivity index (χ3n) is 8.73. The van der Waals surface area contributed by atoms with Gasteiger partial charge < -0.3 is 0 Å². The van der Waals surface area contributed by atoms with Crippen LogP contribution in [0.4, 0.5) is 0 Å². The van der Waals surface area contributed by atoms with Gasteiger partial charge in [-0.2, -0.15) is 5.26 Å². The molecule has 0 saturated heterocycles. The molecule has 8 heteroatoms. The quantitative estimate of drug-likeness (QED) is 0.163. The van der Waals surface area contributed by atoms with Gasteiger partial charge in [-0.1, -0.05) is 133 Å². The van der Waals surface area contributed by atoms with Crippen LogP contribution in [0.2, 0.25) is 0 Å². The van der Waals surface area contributed by atoms with E-state index in [4.69, 9.17) is 24.9 Å². The van der Waals surface area contributed by atoms with Crippen LogP contribution in [0, 0.1) is 11.3 Å². The van der Waals surface area contributed by atoms with Crippen LogP contribution in [0.15, 0.2) is 168 Å². The Morgan fingerprint density at radius 2 is 1.13 bits per heavy atom. The number of nitriles is 1. The summed E-state index contributed by atoms with van der Waals surface area (Å²) < 4.78 is 2.19. The molecule has 6 aromatic carbocycles. The molecule has 0 N–H and O–H groups in total. The first-order valence-corrected chi connectivity index (χ1v) is 18.3. The van der Waals surface area contributed by atoms with Gasteiger partial charge in [0.05, 0.1) is 22.2 Å². The molecule has 52 heavy (non-hydrogen) atoms. The zero-order valence-corrected chi connectivity index (χ0v) is 29.1. The highest BCUT2D eigenvalue weighted by Crippen LogP contribution is 2.42. The van der Waals surface area contributed by atoms with Crippen molar-refractivity contribution in [1.82, 2.24) is 24.9 Å².